The van der Waals surface area contributed by atoms with Gasteiger partial charge in [0.25, 0.3) is 0 Å². The van der Waals surface area contributed by atoms with Crippen LogP contribution >= 0.6 is 23.9 Å². The van der Waals surface area contributed by atoms with Crippen molar-refractivity contribution in [2.24, 2.45) is 0 Å². The van der Waals surface area contributed by atoms with Gasteiger partial charge in [0, 0.05) is 24.8 Å². The number of aromatic nitrogens is 2. The quantitative estimate of drug-likeness (QED) is 0.493. The van der Waals surface area contributed by atoms with Gasteiger partial charge in [-0.1, -0.05) is 17.7 Å². The molecule has 1 aromatic carbocycles. The summed E-state index contributed by atoms with van der Waals surface area (Å²) in [6.07, 6.45) is -1.71. The first-order chi connectivity index (χ1) is 14.1. The van der Waals surface area contributed by atoms with Crippen LogP contribution in [-0.2, 0) is 16.1 Å². The fraction of sp³-hybridized carbons (Fsp3) is 0.500. The molecular formula is C20H26ClF2N3O3S. The Morgan fingerprint density at radius 1 is 1.30 bits per heavy atom. The molecule has 0 aliphatic heterocycles. The van der Waals surface area contributed by atoms with E-state index in [0.29, 0.717) is 17.0 Å². The highest BCUT2D eigenvalue weighted by Gasteiger charge is 2.31. The summed E-state index contributed by atoms with van der Waals surface area (Å²) >= 11 is 5.88. The van der Waals surface area contributed by atoms with Crippen molar-refractivity contribution < 1.29 is 22.5 Å². The summed E-state index contributed by atoms with van der Waals surface area (Å²) in [6.45, 7) is 9.28. The number of carbonyl (C=O) groups excluding carboxylic acids is 1. The molecule has 0 spiro atoms. The highest BCUT2D eigenvalue weighted by Crippen LogP contribution is 2.33. The Morgan fingerprint density at radius 3 is 2.43 bits per heavy atom. The van der Waals surface area contributed by atoms with Crippen LogP contribution in [-0.4, -0.2) is 39.1 Å². The zero-order valence-corrected chi connectivity index (χ0v) is 19.4. The Bertz CT molecular complexity index is 884. The number of ether oxygens (including phenoxy) is 2. The number of imidazole rings is 1. The molecule has 1 aromatic heterocycles. The molecule has 1 amide bonds. The van der Waals surface area contributed by atoms with Crippen LogP contribution in [0.25, 0.3) is 0 Å². The molecule has 0 bridgehead atoms. The first-order valence-electron chi connectivity index (χ1n) is 9.42. The van der Waals surface area contributed by atoms with Gasteiger partial charge < -0.3 is 14.4 Å². The lowest BCUT2D eigenvalue weighted by atomic mass is 10.1. The molecule has 1 heterocycles. The van der Waals surface area contributed by atoms with Crippen molar-refractivity contribution in [3.63, 3.8) is 0 Å². The number of rotatable bonds is 8. The van der Waals surface area contributed by atoms with Crippen LogP contribution in [0, 0.1) is 12.7 Å². The Kier molecular flexibility index (Phi) is 8.52. The monoisotopic (exact) mass is 461 g/mol. The third kappa shape index (κ3) is 5.25. The fourth-order valence-corrected chi connectivity index (χ4v) is 3.90. The molecule has 1 unspecified atom stereocenters. The average molecular weight is 462 g/mol. The van der Waals surface area contributed by atoms with E-state index in [2.05, 4.69) is 4.98 Å². The number of hydrogen-bond donors (Lipinski definition) is 0. The maximum Gasteiger partial charge on any atom is 0.411 e. The summed E-state index contributed by atoms with van der Waals surface area (Å²) in [4.78, 5) is 19.0. The lowest BCUT2D eigenvalue weighted by molar-refractivity contribution is 0.0548. The number of halogens is 3. The van der Waals surface area contributed by atoms with Crippen molar-refractivity contribution in [2.75, 3.05) is 7.11 Å². The second-order valence-electron chi connectivity index (χ2n) is 7.33. The van der Waals surface area contributed by atoms with Crippen molar-refractivity contribution in [1.29, 1.82) is 0 Å². The Morgan fingerprint density at radius 2 is 1.93 bits per heavy atom. The standard InChI is InChI=1S/C20H26ClF2N3O3S/c1-11(2)25(12(3)4)20(27)29-18(14-7-8-16(22)15(21)9-14)19-24-13(5)17(10-28-6)26(19)30-23/h7-9,11-12,18H,10H2,1-6H3. The van der Waals surface area contributed by atoms with Gasteiger partial charge >= 0.3 is 6.09 Å². The minimum Gasteiger partial charge on any atom is -0.433 e. The highest BCUT2D eigenvalue weighted by atomic mass is 35.5. The molecule has 0 aliphatic carbocycles. The van der Waals surface area contributed by atoms with Crippen LogP contribution in [0.1, 0.15) is 56.6 Å². The lowest BCUT2D eigenvalue weighted by Gasteiger charge is -2.31. The largest absolute Gasteiger partial charge is 0.433 e. The predicted octanol–water partition coefficient (Wildman–Crippen LogP) is 5.86. The van der Waals surface area contributed by atoms with E-state index < -0.39 is 18.0 Å². The number of nitrogens with zero attached hydrogens (tertiary/aromatic N) is 3. The van der Waals surface area contributed by atoms with E-state index in [9.17, 15) is 13.1 Å². The summed E-state index contributed by atoms with van der Waals surface area (Å²) < 4.78 is 39.8. The van der Waals surface area contributed by atoms with E-state index in [-0.39, 0.29) is 41.9 Å². The molecule has 0 saturated heterocycles. The molecule has 0 fully saturated rings. The molecule has 2 aromatic rings. The summed E-state index contributed by atoms with van der Waals surface area (Å²) in [5.41, 5.74) is 1.38. The topological polar surface area (TPSA) is 56.6 Å². The van der Waals surface area contributed by atoms with Crippen LogP contribution < -0.4 is 0 Å². The average Bonchev–Trinajstić information content (AvgIpc) is 2.97. The molecule has 166 valence electrons. The van der Waals surface area contributed by atoms with E-state index in [1.165, 1.54) is 29.3 Å². The molecule has 1 atom stereocenters. The maximum atomic E-state index is 13.9. The third-order valence-corrected chi connectivity index (χ3v) is 5.36. The van der Waals surface area contributed by atoms with Gasteiger partial charge in [0.2, 0.25) is 0 Å². The summed E-state index contributed by atoms with van der Waals surface area (Å²) in [7, 11) is 1.49. The Labute approximate surface area is 184 Å². The van der Waals surface area contributed by atoms with Gasteiger partial charge in [-0.3, -0.25) is 0 Å². The summed E-state index contributed by atoms with van der Waals surface area (Å²) in [5.74, 6) is -0.480. The molecule has 0 N–H and O–H groups in total. The molecular weight excluding hydrogens is 436 g/mol. The van der Waals surface area contributed by atoms with Crippen molar-refractivity contribution in [3.8, 4) is 0 Å². The van der Waals surface area contributed by atoms with Crippen LogP contribution in [0.2, 0.25) is 5.02 Å². The van der Waals surface area contributed by atoms with Crippen molar-refractivity contribution in [1.82, 2.24) is 13.9 Å². The third-order valence-electron chi connectivity index (χ3n) is 4.53. The first kappa shape index (κ1) is 24.4. The number of methoxy groups -OCH3 is 1. The van der Waals surface area contributed by atoms with Gasteiger partial charge in [0.15, 0.2) is 24.3 Å². The van der Waals surface area contributed by atoms with Gasteiger partial charge in [-0.2, -0.15) is 0 Å². The predicted molar refractivity (Wildman–Crippen MR) is 114 cm³/mol. The SMILES string of the molecule is COCc1c(C)nc(C(OC(=O)N(C(C)C)C(C)C)c2ccc(F)c(Cl)c2)n1SF. The van der Waals surface area contributed by atoms with Gasteiger partial charge in [-0.05, 0) is 46.8 Å². The van der Waals surface area contributed by atoms with E-state index in [1.54, 1.807) is 11.8 Å². The number of amides is 1. The van der Waals surface area contributed by atoms with Crippen molar-refractivity contribution in [3.05, 3.63) is 51.8 Å². The maximum absolute atomic E-state index is 13.9. The smallest absolute Gasteiger partial charge is 0.411 e. The Hall–Kier alpha value is -1.84. The first-order valence-corrected chi connectivity index (χ1v) is 10.5. The lowest BCUT2D eigenvalue weighted by Crippen LogP contribution is -2.43. The second kappa shape index (κ2) is 10.5. The van der Waals surface area contributed by atoms with Crippen molar-refractivity contribution >= 4 is 30.0 Å². The van der Waals surface area contributed by atoms with Gasteiger partial charge in [0.1, 0.15) is 5.82 Å². The fourth-order valence-electron chi connectivity index (χ4n) is 3.23. The zero-order valence-electron chi connectivity index (χ0n) is 17.8. The van der Waals surface area contributed by atoms with E-state index in [1.807, 2.05) is 27.7 Å². The number of hydrogen-bond acceptors (Lipinski definition) is 5. The highest BCUT2D eigenvalue weighted by molar-refractivity contribution is 7.92. The number of benzene rings is 1. The van der Waals surface area contributed by atoms with Crippen LogP contribution in [0.5, 0.6) is 0 Å². The minimum atomic E-state index is -1.11. The van der Waals surface area contributed by atoms with E-state index in [0.717, 1.165) is 0 Å². The molecule has 2 rings (SSSR count). The molecule has 0 saturated carbocycles. The Balaban J connectivity index is 2.59. The molecule has 0 aliphatic rings. The van der Waals surface area contributed by atoms with E-state index in [4.69, 9.17) is 21.1 Å². The van der Waals surface area contributed by atoms with Crippen LogP contribution in [0.3, 0.4) is 0 Å². The molecule has 10 heteroatoms. The zero-order chi connectivity index (χ0) is 22.6. The normalized spacial score (nSPS) is 12.5. The summed E-state index contributed by atoms with van der Waals surface area (Å²) in [5, 5.41) is -0.141. The van der Waals surface area contributed by atoms with Gasteiger partial charge in [-0.25, -0.2) is 18.1 Å². The molecule has 6 nitrogen and oxygen atoms in total. The second-order valence-corrected chi connectivity index (χ2v) is 8.24. The van der Waals surface area contributed by atoms with Crippen LogP contribution in [0.4, 0.5) is 13.1 Å². The van der Waals surface area contributed by atoms with Crippen molar-refractivity contribution in [2.45, 2.75) is 59.4 Å². The van der Waals surface area contributed by atoms with Gasteiger partial charge in [0.05, 0.1) is 23.0 Å². The molecule has 30 heavy (non-hydrogen) atoms. The summed E-state index contributed by atoms with van der Waals surface area (Å²) in [6, 6.07) is 3.69. The number of carbonyl (C=O) groups is 1. The molecule has 0 radical (unpaired) electrons. The van der Waals surface area contributed by atoms with Gasteiger partial charge in [-0.15, -0.1) is 3.89 Å². The van der Waals surface area contributed by atoms with Crippen LogP contribution in [0.15, 0.2) is 18.2 Å². The minimum absolute atomic E-state index is 0.0765. The number of aryl methyl sites for hydroxylation is 1. The van der Waals surface area contributed by atoms with E-state index >= 15 is 0 Å².